The lowest BCUT2D eigenvalue weighted by Crippen LogP contribution is -2.14. The average Bonchev–Trinajstić information content (AvgIpc) is 2.58. The van der Waals surface area contributed by atoms with Gasteiger partial charge in [-0.05, 0) is 11.6 Å². The molecule has 0 amide bonds. The molecule has 86 valence electrons. The zero-order chi connectivity index (χ0) is 12.3. The van der Waals surface area contributed by atoms with E-state index in [1.165, 1.54) is 23.9 Å². The monoisotopic (exact) mass is 225 g/mol. The van der Waals surface area contributed by atoms with Gasteiger partial charge in [-0.3, -0.25) is 4.79 Å². The Bertz CT molecular complexity index is 446. The number of esters is 1. The number of ether oxygens (including phenoxy) is 1. The molecular formula is C10H11NO5. The van der Waals surface area contributed by atoms with E-state index in [-0.39, 0.29) is 12.1 Å². The summed E-state index contributed by atoms with van der Waals surface area (Å²) in [6.45, 7) is 0. The largest absolute Gasteiger partial charge is 0.475 e. The summed E-state index contributed by atoms with van der Waals surface area (Å²) >= 11 is 0. The highest BCUT2D eigenvalue weighted by molar-refractivity contribution is 6.33. The maximum absolute atomic E-state index is 11.2. The average molecular weight is 225 g/mol. The summed E-state index contributed by atoms with van der Waals surface area (Å²) in [6, 6.07) is 1.44. The number of carboxylic acid groups (broad SMARTS) is 1. The number of hydrogen-bond donors (Lipinski definition) is 1. The molecule has 0 aliphatic rings. The minimum Gasteiger partial charge on any atom is -0.475 e. The van der Waals surface area contributed by atoms with E-state index in [0.717, 1.165) is 0 Å². The quantitative estimate of drug-likeness (QED) is 0.576. The van der Waals surface area contributed by atoms with Crippen molar-refractivity contribution in [1.82, 2.24) is 4.57 Å². The van der Waals surface area contributed by atoms with E-state index < -0.39 is 17.7 Å². The smallest absolute Gasteiger partial charge is 0.372 e. The molecule has 6 nitrogen and oxygen atoms in total. The summed E-state index contributed by atoms with van der Waals surface area (Å²) in [7, 11) is 2.86. The lowest BCUT2D eigenvalue weighted by molar-refractivity contribution is -0.148. The number of nitrogens with zero attached hydrogens (tertiary/aromatic N) is 1. The molecule has 0 aromatic carbocycles. The first-order valence-electron chi connectivity index (χ1n) is 4.45. The second kappa shape index (κ2) is 4.61. The Hall–Kier alpha value is -2.11. The molecule has 0 aliphatic carbocycles. The maximum Gasteiger partial charge on any atom is 0.372 e. The third-order valence-electron chi connectivity index (χ3n) is 2.06. The van der Waals surface area contributed by atoms with Gasteiger partial charge in [0.25, 0.3) is 0 Å². The van der Waals surface area contributed by atoms with Gasteiger partial charge in [-0.2, -0.15) is 0 Å². The van der Waals surface area contributed by atoms with Crippen LogP contribution in [0.3, 0.4) is 0 Å². The minimum absolute atomic E-state index is 0.236. The van der Waals surface area contributed by atoms with E-state index in [1.54, 1.807) is 7.05 Å². The molecule has 1 rings (SSSR count). The number of rotatable bonds is 4. The summed E-state index contributed by atoms with van der Waals surface area (Å²) in [4.78, 5) is 32.5. The van der Waals surface area contributed by atoms with Gasteiger partial charge in [0.2, 0.25) is 5.78 Å². The number of aliphatic carboxylic acids is 1. The molecule has 1 aromatic rings. The lowest BCUT2D eigenvalue weighted by Gasteiger charge is -1.98. The van der Waals surface area contributed by atoms with Crippen molar-refractivity contribution < 1.29 is 24.2 Å². The molecule has 1 N–H and O–H groups in total. The molecule has 0 spiro atoms. The first-order chi connectivity index (χ1) is 7.45. The first-order valence-corrected chi connectivity index (χ1v) is 4.45. The van der Waals surface area contributed by atoms with E-state index in [9.17, 15) is 14.4 Å². The predicted molar refractivity (Wildman–Crippen MR) is 53.1 cm³/mol. The lowest BCUT2D eigenvalue weighted by atomic mass is 10.1. The third kappa shape index (κ3) is 2.47. The highest BCUT2D eigenvalue weighted by Gasteiger charge is 2.16. The van der Waals surface area contributed by atoms with Crippen LogP contribution < -0.4 is 0 Å². The summed E-state index contributed by atoms with van der Waals surface area (Å²) in [5.74, 6) is -2.93. The van der Waals surface area contributed by atoms with Gasteiger partial charge >= 0.3 is 11.9 Å². The van der Waals surface area contributed by atoms with Crippen molar-refractivity contribution in [3.05, 3.63) is 23.5 Å². The molecule has 0 bridgehead atoms. The van der Waals surface area contributed by atoms with Crippen molar-refractivity contribution in [3.63, 3.8) is 0 Å². The number of methoxy groups -OCH3 is 1. The number of carbonyl (C=O) groups excluding carboxylic acids is 2. The Morgan fingerprint density at radius 1 is 1.44 bits per heavy atom. The van der Waals surface area contributed by atoms with Crippen molar-refractivity contribution in [2.75, 3.05) is 7.11 Å². The van der Waals surface area contributed by atoms with E-state index >= 15 is 0 Å². The van der Waals surface area contributed by atoms with Gasteiger partial charge in [-0.25, -0.2) is 9.59 Å². The molecule has 0 saturated carbocycles. The van der Waals surface area contributed by atoms with Crippen molar-refractivity contribution in [3.8, 4) is 0 Å². The third-order valence-corrected chi connectivity index (χ3v) is 2.06. The topological polar surface area (TPSA) is 85.6 Å². The van der Waals surface area contributed by atoms with Gasteiger partial charge in [-0.15, -0.1) is 0 Å². The van der Waals surface area contributed by atoms with Crippen LogP contribution in [0, 0.1) is 0 Å². The van der Waals surface area contributed by atoms with Gasteiger partial charge in [-0.1, -0.05) is 0 Å². The zero-order valence-corrected chi connectivity index (χ0v) is 8.89. The number of ketones is 1. The number of carbonyl (C=O) groups is 3. The van der Waals surface area contributed by atoms with Gasteiger partial charge in [0, 0.05) is 19.7 Å². The second-order valence-electron chi connectivity index (χ2n) is 3.24. The molecule has 1 aromatic heterocycles. The van der Waals surface area contributed by atoms with Crippen molar-refractivity contribution in [2.45, 2.75) is 6.42 Å². The number of carboxylic acids is 1. The van der Waals surface area contributed by atoms with E-state index in [4.69, 9.17) is 5.11 Å². The van der Waals surface area contributed by atoms with Crippen molar-refractivity contribution >= 4 is 17.7 Å². The highest BCUT2D eigenvalue weighted by Crippen LogP contribution is 2.09. The fourth-order valence-electron chi connectivity index (χ4n) is 1.30. The number of aryl methyl sites for hydroxylation is 1. The molecule has 0 radical (unpaired) electrons. The normalized spacial score (nSPS) is 9.88. The van der Waals surface area contributed by atoms with Crippen LogP contribution in [-0.2, 0) is 27.8 Å². The Balaban J connectivity index is 2.89. The van der Waals surface area contributed by atoms with Crippen molar-refractivity contribution in [2.24, 2.45) is 7.05 Å². The number of aromatic nitrogens is 1. The molecule has 0 fully saturated rings. The van der Waals surface area contributed by atoms with Crippen LogP contribution in [0.25, 0.3) is 0 Å². The van der Waals surface area contributed by atoms with Crippen LogP contribution >= 0.6 is 0 Å². The molecule has 16 heavy (non-hydrogen) atoms. The van der Waals surface area contributed by atoms with Gasteiger partial charge in [0.15, 0.2) is 0 Å². The zero-order valence-electron chi connectivity index (χ0n) is 8.89. The van der Waals surface area contributed by atoms with Crippen LogP contribution in [0.5, 0.6) is 0 Å². The van der Waals surface area contributed by atoms with Crippen molar-refractivity contribution in [1.29, 1.82) is 0 Å². The van der Waals surface area contributed by atoms with E-state index in [2.05, 4.69) is 4.74 Å². The molecular weight excluding hydrogens is 214 g/mol. The highest BCUT2D eigenvalue weighted by atomic mass is 16.5. The van der Waals surface area contributed by atoms with Gasteiger partial charge in [0.1, 0.15) is 5.69 Å². The summed E-state index contributed by atoms with van der Waals surface area (Å²) in [5, 5.41) is 8.43. The Labute approximate surface area is 91.4 Å². The number of hydrogen-bond acceptors (Lipinski definition) is 4. The Morgan fingerprint density at radius 2 is 2.06 bits per heavy atom. The molecule has 1 heterocycles. The predicted octanol–water partition coefficient (Wildman–Crippen LogP) is 0.00790. The molecule has 0 unspecified atom stereocenters. The van der Waals surface area contributed by atoms with Crippen LogP contribution in [0.15, 0.2) is 12.3 Å². The standard InChI is InChI=1S/C10H11NO5/c1-11-5-6(4-8(12)9(13)14)3-7(11)10(15)16-2/h3,5H,4H2,1-2H3,(H,13,14). The van der Waals surface area contributed by atoms with Crippen LogP contribution in [0.4, 0.5) is 0 Å². The number of Topliss-reactive ketones (excluding diaryl/α,β-unsaturated/α-hetero) is 1. The minimum atomic E-state index is -1.48. The molecule has 6 heteroatoms. The Morgan fingerprint density at radius 3 is 2.56 bits per heavy atom. The molecule has 0 saturated heterocycles. The fourth-order valence-corrected chi connectivity index (χ4v) is 1.30. The van der Waals surface area contributed by atoms with Crippen LogP contribution in [0.2, 0.25) is 0 Å². The molecule has 0 atom stereocenters. The SMILES string of the molecule is COC(=O)c1cc(CC(=O)C(=O)O)cn1C. The fraction of sp³-hybridized carbons (Fsp3) is 0.300. The summed E-state index contributed by atoms with van der Waals surface area (Å²) in [5.41, 5.74) is 0.742. The van der Waals surface area contributed by atoms with E-state index in [0.29, 0.717) is 5.56 Å². The van der Waals surface area contributed by atoms with Crippen LogP contribution in [-0.4, -0.2) is 34.5 Å². The maximum atomic E-state index is 11.2. The second-order valence-corrected chi connectivity index (χ2v) is 3.24. The summed E-state index contributed by atoms with van der Waals surface area (Å²) in [6.07, 6.45) is 1.28. The Kier molecular flexibility index (Phi) is 3.44. The summed E-state index contributed by atoms with van der Waals surface area (Å²) < 4.78 is 6.00. The first kappa shape index (κ1) is 12.0. The van der Waals surface area contributed by atoms with E-state index in [1.807, 2.05) is 0 Å². The van der Waals surface area contributed by atoms with Gasteiger partial charge < -0.3 is 14.4 Å². The van der Waals surface area contributed by atoms with Gasteiger partial charge in [0.05, 0.1) is 7.11 Å². The molecule has 0 aliphatic heterocycles. The van der Waals surface area contributed by atoms with Crippen LogP contribution in [0.1, 0.15) is 16.1 Å².